The lowest BCUT2D eigenvalue weighted by Gasteiger charge is -2.37. The van der Waals surface area contributed by atoms with Crippen LogP contribution in [0.3, 0.4) is 0 Å². The minimum absolute atomic E-state index is 0.174. The summed E-state index contributed by atoms with van der Waals surface area (Å²) in [5.41, 5.74) is 3.63. The SMILES string of the molecule is COc1ccc(/C=N/NC(=O)c2nc3c(c(=O)[nH]2)C2CCCN2C(=O)N3c2ccccc2)cc1. The van der Waals surface area contributed by atoms with E-state index in [-0.39, 0.29) is 23.7 Å². The van der Waals surface area contributed by atoms with Crippen LogP contribution >= 0.6 is 0 Å². The zero-order valence-corrected chi connectivity index (χ0v) is 18.4. The fraction of sp³-hybridized carbons (Fsp3) is 0.208. The van der Waals surface area contributed by atoms with Gasteiger partial charge in [-0.3, -0.25) is 9.59 Å². The minimum atomic E-state index is -0.695. The Kier molecular flexibility index (Phi) is 5.54. The van der Waals surface area contributed by atoms with Crippen LogP contribution < -0.4 is 20.6 Å². The maximum Gasteiger partial charge on any atom is 0.330 e. The van der Waals surface area contributed by atoms with Gasteiger partial charge in [0.15, 0.2) is 5.82 Å². The zero-order chi connectivity index (χ0) is 23.7. The summed E-state index contributed by atoms with van der Waals surface area (Å²) in [5, 5.41) is 3.94. The van der Waals surface area contributed by atoms with E-state index in [2.05, 4.69) is 20.5 Å². The molecule has 0 spiro atoms. The highest BCUT2D eigenvalue weighted by molar-refractivity contribution is 6.02. The van der Waals surface area contributed by atoms with Crippen LogP contribution in [0.1, 0.15) is 40.6 Å². The van der Waals surface area contributed by atoms with Crippen molar-refractivity contribution in [1.29, 1.82) is 0 Å². The molecule has 34 heavy (non-hydrogen) atoms. The number of fused-ring (bicyclic) bond motifs is 3. The maximum atomic E-state index is 13.3. The molecule has 0 saturated carbocycles. The van der Waals surface area contributed by atoms with Crippen LogP contribution in [0.2, 0.25) is 0 Å². The molecule has 1 aromatic heterocycles. The van der Waals surface area contributed by atoms with Gasteiger partial charge in [-0.1, -0.05) is 18.2 Å². The van der Waals surface area contributed by atoms with Crippen molar-refractivity contribution in [2.24, 2.45) is 5.10 Å². The van der Waals surface area contributed by atoms with Crippen molar-refractivity contribution >= 4 is 29.7 Å². The number of rotatable bonds is 5. The van der Waals surface area contributed by atoms with Crippen LogP contribution in [0, 0.1) is 0 Å². The molecule has 2 aliphatic rings. The quantitative estimate of drug-likeness (QED) is 0.450. The first-order chi connectivity index (χ1) is 16.6. The Bertz CT molecular complexity index is 1320. The van der Waals surface area contributed by atoms with Gasteiger partial charge in [0.2, 0.25) is 5.82 Å². The monoisotopic (exact) mass is 458 g/mol. The molecule has 0 aliphatic carbocycles. The van der Waals surface area contributed by atoms with Crippen molar-refractivity contribution in [2.75, 3.05) is 18.6 Å². The number of carbonyl (C=O) groups excluding carboxylic acids is 2. The van der Waals surface area contributed by atoms with Crippen LogP contribution in [-0.4, -0.2) is 46.7 Å². The Morgan fingerprint density at radius 3 is 2.68 bits per heavy atom. The van der Waals surface area contributed by atoms with Gasteiger partial charge in [0, 0.05) is 6.54 Å². The third-order valence-corrected chi connectivity index (χ3v) is 5.89. The zero-order valence-electron chi connectivity index (χ0n) is 18.4. The molecule has 10 heteroatoms. The van der Waals surface area contributed by atoms with Crippen molar-refractivity contribution in [3.63, 3.8) is 0 Å². The highest BCUT2D eigenvalue weighted by atomic mass is 16.5. The lowest BCUT2D eigenvalue weighted by Crippen LogP contribution is -2.48. The normalized spacial score (nSPS) is 17.0. The number of nitrogens with one attached hydrogen (secondary N) is 2. The Morgan fingerprint density at radius 1 is 1.18 bits per heavy atom. The Balaban J connectivity index is 1.47. The van der Waals surface area contributed by atoms with Gasteiger partial charge in [0.05, 0.1) is 30.6 Å². The molecule has 5 rings (SSSR count). The number of hydrogen-bond donors (Lipinski definition) is 2. The fourth-order valence-corrected chi connectivity index (χ4v) is 4.28. The van der Waals surface area contributed by atoms with Crippen LogP contribution in [-0.2, 0) is 0 Å². The molecule has 3 heterocycles. The number of aromatic amines is 1. The van der Waals surface area contributed by atoms with E-state index in [1.54, 1.807) is 60.5 Å². The second kappa shape index (κ2) is 8.81. The molecule has 3 amide bonds. The van der Waals surface area contributed by atoms with Crippen LogP contribution in [0.25, 0.3) is 0 Å². The molecule has 1 atom stereocenters. The number of nitrogens with zero attached hydrogens (tertiary/aromatic N) is 4. The number of para-hydroxylation sites is 1. The maximum absolute atomic E-state index is 13.3. The van der Waals surface area contributed by atoms with Gasteiger partial charge >= 0.3 is 11.9 Å². The van der Waals surface area contributed by atoms with Gasteiger partial charge in [-0.15, -0.1) is 0 Å². The molecule has 0 radical (unpaired) electrons. The number of H-pyrrole nitrogens is 1. The lowest BCUT2D eigenvalue weighted by molar-refractivity contribution is 0.0944. The van der Waals surface area contributed by atoms with Crippen molar-refractivity contribution in [2.45, 2.75) is 18.9 Å². The first-order valence-electron chi connectivity index (χ1n) is 10.8. The second-order valence-corrected chi connectivity index (χ2v) is 7.93. The van der Waals surface area contributed by atoms with E-state index in [1.807, 2.05) is 6.07 Å². The molecule has 1 saturated heterocycles. The molecule has 0 bridgehead atoms. The largest absolute Gasteiger partial charge is 0.497 e. The third-order valence-electron chi connectivity index (χ3n) is 5.89. The predicted molar refractivity (Wildman–Crippen MR) is 126 cm³/mol. The van der Waals surface area contributed by atoms with Crippen LogP contribution in [0.15, 0.2) is 64.5 Å². The van der Waals surface area contributed by atoms with Crippen molar-refractivity contribution < 1.29 is 14.3 Å². The molecule has 2 aliphatic heterocycles. The Morgan fingerprint density at radius 2 is 1.94 bits per heavy atom. The summed E-state index contributed by atoms with van der Waals surface area (Å²) in [7, 11) is 1.58. The topological polar surface area (TPSA) is 120 Å². The van der Waals surface area contributed by atoms with E-state index in [1.165, 1.54) is 11.1 Å². The van der Waals surface area contributed by atoms with E-state index in [0.717, 1.165) is 12.0 Å². The molecule has 2 N–H and O–H groups in total. The summed E-state index contributed by atoms with van der Waals surface area (Å²) in [5.74, 6) is -0.0440. The van der Waals surface area contributed by atoms with Gasteiger partial charge in [-0.25, -0.2) is 20.1 Å². The lowest BCUT2D eigenvalue weighted by atomic mass is 10.0. The van der Waals surface area contributed by atoms with Crippen LogP contribution in [0.4, 0.5) is 16.3 Å². The third kappa shape index (κ3) is 3.79. The highest BCUT2D eigenvalue weighted by Crippen LogP contribution is 2.42. The van der Waals surface area contributed by atoms with Gasteiger partial charge in [0.1, 0.15) is 5.75 Å². The number of anilines is 2. The van der Waals surface area contributed by atoms with Gasteiger partial charge in [0.25, 0.3) is 5.56 Å². The smallest absolute Gasteiger partial charge is 0.330 e. The molecule has 3 aromatic rings. The van der Waals surface area contributed by atoms with Crippen molar-refractivity contribution in [3.8, 4) is 5.75 Å². The van der Waals surface area contributed by atoms with Gasteiger partial charge < -0.3 is 14.6 Å². The Hall–Kier alpha value is -4.47. The predicted octanol–water partition coefficient (Wildman–Crippen LogP) is 2.95. The highest BCUT2D eigenvalue weighted by Gasteiger charge is 2.44. The minimum Gasteiger partial charge on any atom is -0.497 e. The summed E-state index contributed by atoms with van der Waals surface area (Å²) >= 11 is 0. The number of carbonyl (C=O) groups is 2. The summed E-state index contributed by atoms with van der Waals surface area (Å²) in [6.45, 7) is 0.564. The van der Waals surface area contributed by atoms with Gasteiger partial charge in [-0.05, 0) is 54.8 Å². The summed E-state index contributed by atoms with van der Waals surface area (Å²) in [6, 6.07) is 15.4. The summed E-state index contributed by atoms with van der Waals surface area (Å²) in [4.78, 5) is 49.2. The number of benzene rings is 2. The number of amides is 3. The van der Waals surface area contributed by atoms with Crippen molar-refractivity contribution in [1.82, 2.24) is 20.3 Å². The second-order valence-electron chi connectivity index (χ2n) is 7.93. The average Bonchev–Trinajstić information content (AvgIpc) is 3.35. The van der Waals surface area contributed by atoms with E-state index in [0.29, 0.717) is 30.0 Å². The first kappa shape index (κ1) is 21.4. The fourth-order valence-electron chi connectivity index (χ4n) is 4.28. The summed E-state index contributed by atoms with van der Waals surface area (Å²) in [6.07, 6.45) is 2.92. The number of ether oxygens (including phenoxy) is 1. The molecular weight excluding hydrogens is 436 g/mol. The first-order valence-corrected chi connectivity index (χ1v) is 10.8. The molecule has 1 fully saturated rings. The van der Waals surface area contributed by atoms with E-state index in [4.69, 9.17) is 4.74 Å². The van der Waals surface area contributed by atoms with Gasteiger partial charge in [-0.2, -0.15) is 5.10 Å². The number of hydrazone groups is 1. The molecule has 1 unspecified atom stereocenters. The number of hydrogen-bond acceptors (Lipinski definition) is 6. The number of aromatic nitrogens is 2. The van der Waals surface area contributed by atoms with Crippen LogP contribution in [0.5, 0.6) is 5.75 Å². The molecule has 172 valence electrons. The molecule has 10 nitrogen and oxygen atoms in total. The summed E-state index contributed by atoms with van der Waals surface area (Å²) < 4.78 is 5.11. The standard InChI is InChI=1S/C24H22N6O4/c1-34-17-11-9-15(10-12-17)14-25-28-23(32)20-26-21-19(22(31)27-20)18-8-5-13-29(18)24(33)30(21)16-6-3-2-4-7-16/h2-4,6-7,9-12,14,18H,5,8,13H2,1H3,(H,28,32)(H,26,27,31)/b25-14+. The Labute approximate surface area is 194 Å². The molecular formula is C24H22N6O4. The number of urea groups is 1. The average molecular weight is 458 g/mol. The van der Waals surface area contributed by atoms with E-state index in [9.17, 15) is 14.4 Å². The number of methoxy groups -OCH3 is 1. The van der Waals surface area contributed by atoms with Crippen molar-refractivity contribution in [3.05, 3.63) is 81.9 Å². The molecule has 2 aromatic carbocycles. The van der Waals surface area contributed by atoms with E-state index < -0.39 is 11.5 Å². The van der Waals surface area contributed by atoms with E-state index >= 15 is 0 Å².